The SMILES string of the molecule is CC(C)C[C@H](NC(=O)c1cc2ccccc2o1)C(=O)N[C@H]1CC[C@@H](C)N(C(=O)NC2CCOCC2)CC1=O. The molecule has 3 heterocycles. The Balaban J connectivity index is 1.38. The van der Waals surface area contributed by atoms with Crippen LogP contribution in [0.15, 0.2) is 34.7 Å². The summed E-state index contributed by atoms with van der Waals surface area (Å²) in [5.41, 5.74) is 0.589. The highest BCUT2D eigenvalue weighted by Gasteiger charge is 2.34. The van der Waals surface area contributed by atoms with Gasteiger partial charge in [-0.2, -0.15) is 0 Å². The molecule has 2 saturated heterocycles. The molecular weight excluding hydrogens is 488 g/mol. The summed E-state index contributed by atoms with van der Waals surface area (Å²) in [7, 11) is 0. The van der Waals surface area contributed by atoms with E-state index in [1.165, 1.54) is 0 Å². The van der Waals surface area contributed by atoms with E-state index in [4.69, 9.17) is 9.15 Å². The third-order valence-corrected chi connectivity index (χ3v) is 7.22. The molecule has 2 aromatic rings. The maximum absolute atomic E-state index is 13.3. The molecule has 10 heteroatoms. The van der Waals surface area contributed by atoms with Crippen LogP contribution in [-0.4, -0.2) is 72.5 Å². The van der Waals surface area contributed by atoms with E-state index in [9.17, 15) is 19.2 Å². The number of rotatable bonds is 7. The number of likely N-dealkylation sites (tertiary alicyclic amines) is 1. The first-order chi connectivity index (χ1) is 18.2. The van der Waals surface area contributed by atoms with Crippen molar-refractivity contribution in [3.05, 3.63) is 36.1 Å². The Morgan fingerprint density at radius 3 is 2.50 bits per heavy atom. The minimum Gasteiger partial charge on any atom is -0.451 e. The van der Waals surface area contributed by atoms with Gasteiger partial charge in [-0.1, -0.05) is 32.0 Å². The zero-order chi connectivity index (χ0) is 27.2. The highest BCUT2D eigenvalue weighted by Crippen LogP contribution is 2.20. The Kier molecular flexibility index (Phi) is 9.04. The van der Waals surface area contributed by atoms with Gasteiger partial charge in [-0.3, -0.25) is 14.4 Å². The van der Waals surface area contributed by atoms with E-state index in [1.54, 1.807) is 17.0 Å². The number of carbonyl (C=O) groups is 4. The highest BCUT2D eigenvalue weighted by atomic mass is 16.5. The molecule has 0 radical (unpaired) electrons. The number of Topliss-reactive ketones (excluding diaryl/α,β-unsaturated/α-hetero) is 1. The Morgan fingerprint density at radius 2 is 1.79 bits per heavy atom. The second kappa shape index (κ2) is 12.4. The van der Waals surface area contributed by atoms with Crippen molar-refractivity contribution in [1.82, 2.24) is 20.9 Å². The Morgan fingerprint density at radius 1 is 1.05 bits per heavy atom. The van der Waals surface area contributed by atoms with Gasteiger partial charge >= 0.3 is 6.03 Å². The van der Waals surface area contributed by atoms with Crippen molar-refractivity contribution in [3.63, 3.8) is 0 Å². The number of carbonyl (C=O) groups excluding carboxylic acids is 4. The number of hydrogen-bond donors (Lipinski definition) is 3. The summed E-state index contributed by atoms with van der Waals surface area (Å²) in [6.45, 7) is 6.97. The molecule has 0 unspecified atom stereocenters. The Labute approximate surface area is 222 Å². The van der Waals surface area contributed by atoms with E-state index in [1.807, 2.05) is 39.0 Å². The van der Waals surface area contributed by atoms with E-state index in [-0.39, 0.29) is 42.1 Å². The van der Waals surface area contributed by atoms with Gasteiger partial charge in [0.2, 0.25) is 5.91 Å². The molecule has 1 aromatic heterocycles. The third kappa shape index (κ3) is 6.92. The minimum atomic E-state index is -0.836. The molecule has 0 spiro atoms. The smallest absolute Gasteiger partial charge is 0.318 e. The van der Waals surface area contributed by atoms with Gasteiger partial charge in [0.25, 0.3) is 5.91 Å². The van der Waals surface area contributed by atoms with E-state index in [2.05, 4.69) is 16.0 Å². The lowest BCUT2D eigenvalue weighted by Crippen LogP contribution is -2.54. The predicted octanol–water partition coefficient (Wildman–Crippen LogP) is 3.00. The van der Waals surface area contributed by atoms with Crippen LogP contribution in [0, 0.1) is 5.92 Å². The number of urea groups is 1. The first kappa shape index (κ1) is 27.6. The number of benzene rings is 1. The lowest BCUT2D eigenvalue weighted by molar-refractivity contribution is -0.129. The lowest BCUT2D eigenvalue weighted by atomic mass is 10.0. The van der Waals surface area contributed by atoms with Gasteiger partial charge < -0.3 is 30.0 Å². The van der Waals surface area contributed by atoms with Gasteiger partial charge in [-0.25, -0.2) is 4.79 Å². The summed E-state index contributed by atoms with van der Waals surface area (Å²) < 4.78 is 11.0. The standard InChI is InChI=1S/C28H38N4O6/c1-17(2)14-22(31-27(35)25-15-19-6-4-5-7-24(19)38-25)26(34)30-21-9-8-18(3)32(16-23(21)33)28(36)29-20-10-12-37-13-11-20/h4-7,15,17-18,20-22H,8-14,16H2,1-3H3,(H,29,36)(H,30,34)(H,31,35)/t18-,21+,22+/m1/s1. The molecule has 3 N–H and O–H groups in total. The monoisotopic (exact) mass is 526 g/mol. The molecule has 0 saturated carbocycles. The number of nitrogens with zero attached hydrogens (tertiary/aromatic N) is 1. The largest absolute Gasteiger partial charge is 0.451 e. The maximum Gasteiger partial charge on any atom is 0.318 e. The average Bonchev–Trinajstić information content (AvgIpc) is 3.28. The van der Waals surface area contributed by atoms with Crippen molar-refractivity contribution in [2.24, 2.45) is 5.92 Å². The van der Waals surface area contributed by atoms with Crippen LogP contribution in [0.4, 0.5) is 4.79 Å². The molecule has 38 heavy (non-hydrogen) atoms. The molecule has 206 valence electrons. The molecular formula is C28H38N4O6. The second-order valence-corrected chi connectivity index (χ2v) is 10.7. The molecule has 2 aliphatic rings. The van der Waals surface area contributed by atoms with Crippen LogP contribution in [0.5, 0.6) is 0 Å². The fraction of sp³-hybridized carbons (Fsp3) is 0.571. The normalized spacial score (nSPS) is 21.7. The summed E-state index contributed by atoms with van der Waals surface area (Å²) in [4.78, 5) is 53.8. The van der Waals surface area contributed by atoms with Crippen LogP contribution in [-0.2, 0) is 14.3 Å². The van der Waals surface area contributed by atoms with Crippen molar-refractivity contribution in [1.29, 1.82) is 0 Å². The van der Waals surface area contributed by atoms with Crippen molar-refractivity contribution in [3.8, 4) is 0 Å². The first-order valence-corrected chi connectivity index (χ1v) is 13.5. The Hall–Kier alpha value is -3.40. The number of amides is 4. The minimum absolute atomic E-state index is 0.0319. The summed E-state index contributed by atoms with van der Waals surface area (Å²) in [5, 5.41) is 9.45. The topological polar surface area (TPSA) is 130 Å². The highest BCUT2D eigenvalue weighted by molar-refractivity contribution is 5.99. The summed E-state index contributed by atoms with van der Waals surface area (Å²) >= 11 is 0. The number of para-hydroxylation sites is 1. The number of ketones is 1. The third-order valence-electron chi connectivity index (χ3n) is 7.22. The van der Waals surface area contributed by atoms with Crippen LogP contribution in [0.1, 0.15) is 63.4 Å². The van der Waals surface area contributed by atoms with E-state index in [0.717, 1.165) is 18.2 Å². The van der Waals surface area contributed by atoms with Crippen LogP contribution >= 0.6 is 0 Å². The number of furan rings is 1. The zero-order valence-electron chi connectivity index (χ0n) is 22.3. The molecule has 4 amide bonds. The van der Waals surface area contributed by atoms with E-state index in [0.29, 0.717) is 38.1 Å². The fourth-order valence-corrected chi connectivity index (χ4v) is 4.98. The number of hydrogen-bond acceptors (Lipinski definition) is 6. The number of nitrogens with one attached hydrogen (secondary N) is 3. The molecule has 0 bridgehead atoms. The van der Waals surface area contributed by atoms with Crippen LogP contribution in [0.25, 0.3) is 11.0 Å². The summed E-state index contributed by atoms with van der Waals surface area (Å²) in [6, 6.07) is 6.99. The molecule has 3 atom stereocenters. The van der Waals surface area contributed by atoms with Gasteiger partial charge in [0.05, 0.1) is 12.6 Å². The Bertz CT molecular complexity index is 1120. The molecule has 2 fully saturated rings. The van der Waals surface area contributed by atoms with E-state index < -0.39 is 23.9 Å². The maximum atomic E-state index is 13.3. The molecule has 0 aliphatic carbocycles. The zero-order valence-corrected chi connectivity index (χ0v) is 22.3. The summed E-state index contributed by atoms with van der Waals surface area (Å²) in [6.07, 6.45) is 2.88. The first-order valence-electron chi connectivity index (χ1n) is 13.5. The molecule has 4 rings (SSSR count). The lowest BCUT2D eigenvalue weighted by Gasteiger charge is -2.30. The van der Waals surface area contributed by atoms with Crippen molar-refractivity contribution >= 4 is 34.6 Å². The van der Waals surface area contributed by atoms with Crippen molar-refractivity contribution in [2.75, 3.05) is 19.8 Å². The second-order valence-electron chi connectivity index (χ2n) is 10.7. The average molecular weight is 527 g/mol. The molecule has 2 aliphatic heterocycles. The van der Waals surface area contributed by atoms with Crippen molar-refractivity contribution in [2.45, 2.75) is 77.0 Å². The number of ether oxygens (including phenoxy) is 1. The van der Waals surface area contributed by atoms with Crippen LogP contribution in [0.3, 0.4) is 0 Å². The van der Waals surface area contributed by atoms with Crippen molar-refractivity contribution < 1.29 is 28.3 Å². The van der Waals surface area contributed by atoms with Gasteiger partial charge in [0.1, 0.15) is 11.6 Å². The predicted molar refractivity (Wildman–Crippen MR) is 142 cm³/mol. The van der Waals surface area contributed by atoms with Crippen LogP contribution in [0.2, 0.25) is 0 Å². The van der Waals surface area contributed by atoms with Gasteiger partial charge in [-0.15, -0.1) is 0 Å². The fourth-order valence-electron chi connectivity index (χ4n) is 4.98. The van der Waals surface area contributed by atoms with Crippen LogP contribution < -0.4 is 16.0 Å². The van der Waals surface area contributed by atoms with Gasteiger partial charge in [-0.05, 0) is 57.1 Å². The summed E-state index contributed by atoms with van der Waals surface area (Å²) in [5.74, 6) is -0.890. The molecule has 10 nitrogen and oxygen atoms in total. The van der Waals surface area contributed by atoms with Gasteiger partial charge in [0, 0.05) is 30.7 Å². The quantitative estimate of drug-likeness (QED) is 0.509. The molecule has 1 aromatic carbocycles. The number of fused-ring (bicyclic) bond motifs is 1. The van der Waals surface area contributed by atoms with Gasteiger partial charge in [0.15, 0.2) is 11.5 Å². The van der Waals surface area contributed by atoms with E-state index >= 15 is 0 Å².